The van der Waals surface area contributed by atoms with Crippen molar-refractivity contribution in [3.8, 4) is 16.9 Å². The van der Waals surface area contributed by atoms with Gasteiger partial charge in [-0.05, 0) is 17.7 Å². The number of rotatable bonds is 1. The quantitative estimate of drug-likeness (QED) is 0.790. The zero-order chi connectivity index (χ0) is 11.0. The van der Waals surface area contributed by atoms with Crippen molar-refractivity contribution in [2.24, 2.45) is 0 Å². The summed E-state index contributed by atoms with van der Waals surface area (Å²) >= 11 is 0. The van der Waals surface area contributed by atoms with Crippen LogP contribution in [-0.2, 0) is 11.3 Å². The first-order valence-electron chi connectivity index (χ1n) is 4.88. The second-order valence-corrected chi connectivity index (χ2v) is 3.54. The number of nitrogens with two attached hydrogens (primary N) is 1. The maximum absolute atomic E-state index is 5.66. The summed E-state index contributed by atoms with van der Waals surface area (Å²) in [6.45, 7) is 0.857. The predicted octanol–water partition coefficient (Wildman–Crippen LogP) is 1.79. The lowest BCUT2D eigenvalue weighted by molar-refractivity contribution is -0.0163. The molecule has 0 spiro atoms. The first kappa shape index (κ1) is 9.23. The molecule has 0 fully saturated rings. The largest absolute Gasteiger partial charge is 0.467 e. The molecule has 0 radical (unpaired) electrons. The van der Waals surface area contributed by atoms with E-state index in [2.05, 4.69) is 5.16 Å². The zero-order valence-corrected chi connectivity index (χ0v) is 8.47. The highest BCUT2D eigenvalue weighted by molar-refractivity contribution is 5.73. The Kier molecular flexibility index (Phi) is 2.04. The molecule has 5 heteroatoms. The molecule has 2 N–H and O–H groups in total. The number of anilines is 1. The van der Waals surface area contributed by atoms with Gasteiger partial charge in [0.25, 0.3) is 0 Å². The molecule has 0 atom stereocenters. The van der Waals surface area contributed by atoms with E-state index in [0.29, 0.717) is 19.3 Å². The van der Waals surface area contributed by atoms with Crippen LogP contribution >= 0.6 is 0 Å². The van der Waals surface area contributed by atoms with Gasteiger partial charge in [-0.25, -0.2) is 0 Å². The fourth-order valence-corrected chi connectivity index (χ4v) is 1.72. The molecule has 1 aliphatic rings. The van der Waals surface area contributed by atoms with E-state index in [1.54, 1.807) is 6.20 Å². The number of benzene rings is 1. The topological polar surface area (TPSA) is 70.5 Å². The lowest BCUT2D eigenvalue weighted by Crippen LogP contribution is -2.11. The number of ether oxygens (including phenoxy) is 2. The van der Waals surface area contributed by atoms with Gasteiger partial charge in [0.1, 0.15) is 5.75 Å². The minimum Gasteiger partial charge on any atom is -0.467 e. The van der Waals surface area contributed by atoms with Crippen LogP contribution in [0.4, 0.5) is 5.88 Å². The van der Waals surface area contributed by atoms with Crippen molar-refractivity contribution >= 4 is 5.88 Å². The van der Waals surface area contributed by atoms with E-state index in [1.165, 1.54) is 0 Å². The third-order valence-corrected chi connectivity index (χ3v) is 2.53. The van der Waals surface area contributed by atoms with Gasteiger partial charge in [-0.1, -0.05) is 11.2 Å². The van der Waals surface area contributed by atoms with E-state index in [1.807, 2.05) is 18.2 Å². The Morgan fingerprint density at radius 2 is 2.25 bits per heavy atom. The minimum absolute atomic E-state index is 0.307. The number of fused-ring (bicyclic) bond motifs is 1. The van der Waals surface area contributed by atoms with E-state index >= 15 is 0 Å². The predicted molar refractivity (Wildman–Crippen MR) is 56.6 cm³/mol. The number of nitrogen functional groups attached to an aromatic ring is 1. The molecule has 0 saturated heterocycles. The Bertz CT molecular complexity index is 522. The summed E-state index contributed by atoms with van der Waals surface area (Å²) in [4.78, 5) is 0. The van der Waals surface area contributed by atoms with Crippen molar-refractivity contribution in [2.75, 3.05) is 12.5 Å². The van der Waals surface area contributed by atoms with Crippen LogP contribution in [0, 0.1) is 0 Å². The molecule has 5 nitrogen and oxygen atoms in total. The summed E-state index contributed by atoms with van der Waals surface area (Å²) in [5.41, 5.74) is 8.40. The standard InChI is InChI=1S/C11H10N2O3/c12-11-9(4-13-16-11)7-1-2-10-8(3-7)5-14-6-15-10/h1-4H,5-6,12H2. The number of hydrogen-bond acceptors (Lipinski definition) is 5. The maximum Gasteiger partial charge on any atom is 0.229 e. The molecule has 0 saturated carbocycles. The molecular formula is C11H10N2O3. The Hall–Kier alpha value is -2.01. The molecule has 2 heterocycles. The molecule has 1 aliphatic heterocycles. The molecule has 0 unspecified atom stereocenters. The summed E-state index contributed by atoms with van der Waals surface area (Å²) in [6, 6.07) is 5.80. The average molecular weight is 218 g/mol. The van der Waals surface area contributed by atoms with Crippen LogP contribution in [0.15, 0.2) is 28.9 Å². The fourth-order valence-electron chi connectivity index (χ4n) is 1.72. The van der Waals surface area contributed by atoms with Gasteiger partial charge in [-0.15, -0.1) is 0 Å². The van der Waals surface area contributed by atoms with Crippen LogP contribution < -0.4 is 10.5 Å². The normalized spacial score (nSPS) is 14.2. The van der Waals surface area contributed by atoms with Gasteiger partial charge in [0.15, 0.2) is 6.79 Å². The van der Waals surface area contributed by atoms with Crippen molar-refractivity contribution < 1.29 is 14.0 Å². The Morgan fingerprint density at radius 1 is 1.31 bits per heavy atom. The summed E-state index contributed by atoms with van der Waals surface area (Å²) in [5, 5.41) is 3.65. The smallest absolute Gasteiger partial charge is 0.229 e. The van der Waals surface area contributed by atoms with Gasteiger partial charge < -0.3 is 19.7 Å². The summed E-state index contributed by atoms with van der Waals surface area (Å²) in [5.74, 6) is 1.17. The monoisotopic (exact) mass is 218 g/mol. The summed E-state index contributed by atoms with van der Waals surface area (Å²) in [7, 11) is 0. The van der Waals surface area contributed by atoms with Gasteiger partial charge in [0, 0.05) is 5.56 Å². The van der Waals surface area contributed by atoms with Crippen LogP contribution in [0.2, 0.25) is 0 Å². The fraction of sp³-hybridized carbons (Fsp3) is 0.182. The molecule has 16 heavy (non-hydrogen) atoms. The third kappa shape index (κ3) is 1.42. The number of aromatic nitrogens is 1. The van der Waals surface area contributed by atoms with E-state index in [0.717, 1.165) is 22.4 Å². The van der Waals surface area contributed by atoms with Gasteiger partial charge in [0.05, 0.1) is 18.4 Å². The SMILES string of the molecule is Nc1oncc1-c1ccc2c(c1)COCO2. The van der Waals surface area contributed by atoms with Crippen LogP contribution in [0.1, 0.15) is 5.56 Å². The first-order valence-corrected chi connectivity index (χ1v) is 4.88. The van der Waals surface area contributed by atoms with Crippen LogP contribution in [0.25, 0.3) is 11.1 Å². The molecule has 1 aromatic carbocycles. The lowest BCUT2D eigenvalue weighted by Gasteiger charge is -2.17. The highest BCUT2D eigenvalue weighted by Gasteiger charge is 2.13. The highest BCUT2D eigenvalue weighted by atomic mass is 16.7. The van der Waals surface area contributed by atoms with Crippen molar-refractivity contribution in [1.82, 2.24) is 5.16 Å². The van der Waals surface area contributed by atoms with Crippen LogP contribution in [-0.4, -0.2) is 11.9 Å². The van der Waals surface area contributed by atoms with Gasteiger partial charge in [-0.2, -0.15) is 0 Å². The first-order chi connectivity index (χ1) is 7.84. The highest BCUT2D eigenvalue weighted by Crippen LogP contribution is 2.31. The maximum atomic E-state index is 5.66. The van der Waals surface area contributed by atoms with Gasteiger partial charge >= 0.3 is 0 Å². The number of nitrogens with zero attached hydrogens (tertiary/aromatic N) is 1. The second-order valence-electron chi connectivity index (χ2n) is 3.54. The second kappa shape index (κ2) is 3.53. The summed E-state index contributed by atoms with van der Waals surface area (Å²) < 4.78 is 15.4. The minimum atomic E-state index is 0.307. The van der Waals surface area contributed by atoms with Gasteiger partial charge in [-0.3, -0.25) is 0 Å². The van der Waals surface area contributed by atoms with Crippen LogP contribution in [0.3, 0.4) is 0 Å². The zero-order valence-electron chi connectivity index (χ0n) is 8.47. The van der Waals surface area contributed by atoms with Crippen molar-refractivity contribution in [3.63, 3.8) is 0 Å². The number of hydrogen-bond donors (Lipinski definition) is 1. The third-order valence-electron chi connectivity index (χ3n) is 2.53. The van der Waals surface area contributed by atoms with E-state index in [9.17, 15) is 0 Å². The van der Waals surface area contributed by atoms with Gasteiger partial charge in [0.2, 0.25) is 5.88 Å². The van der Waals surface area contributed by atoms with E-state index in [-0.39, 0.29) is 0 Å². The summed E-state index contributed by atoms with van der Waals surface area (Å²) in [6.07, 6.45) is 1.60. The molecule has 0 aliphatic carbocycles. The molecule has 3 rings (SSSR count). The molecule has 1 aromatic heterocycles. The lowest BCUT2D eigenvalue weighted by atomic mass is 10.0. The Labute approximate surface area is 91.7 Å². The van der Waals surface area contributed by atoms with Crippen molar-refractivity contribution in [2.45, 2.75) is 6.61 Å². The molecule has 0 bridgehead atoms. The average Bonchev–Trinajstić information content (AvgIpc) is 2.75. The van der Waals surface area contributed by atoms with Crippen molar-refractivity contribution in [1.29, 1.82) is 0 Å². The van der Waals surface area contributed by atoms with E-state index in [4.69, 9.17) is 19.7 Å². The Balaban J connectivity index is 2.06. The molecule has 0 amide bonds. The molecule has 2 aromatic rings. The Morgan fingerprint density at radius 3 is 3.06 bits per heavy atom. The molecular weight excluding hydrogens is 208 g/mol. The van der Waals surface area contributed by atoms with E-state index < -0.39 is 0 Å². The van der Waals surface area contributed by atoms with Crippen LogP contribution in [0.5, 0.6) is 5.75 Å². The van der Waals surface area contributed by atoms with Crippen molar-refractivity contribution in [3.05, 3.63) is 30.0 Å². The molecule has 82 valence electrons.